The van der Waals surface area contributed by atoms with Crippen molar-refractivity contribution in [1.29, 1.82) is 0 Å². The summed E-state index contributed by atoms with van der Waals surface area (Å²) in [5, 5.41) is 2.60. The van der Waals surface area contributed by atoms with Crippen LogP contribution in [0, 0.1) is 0 Å². The highest BCUT2D eigenvalue weighted by Gasteiger charge is 1.97. The van der Waals surface area contributed by atoms with Gasteiger partial charge in [0.05, 0.1) is 0 Å². The molecule has 0 saturated carbocycles. The SMILES string of the molecule is CC(C)=C/C=C(\C)c1ccc2ccccc2c1. The zero-order chi connectivity index (χ0) is 12.3. The largest absolute Gasteiger partial charge is 0.0764 e. The fraction of sp³-hybridized carbons (Fsp3) is 0.176. The second-order valence-electron chi connectivity index (χ2n) is 4.66. The first kappa shape index (κ1) is 11.7. The van der Waals surface area contributed by atoms with Crippen molar-refractivity contribution in [2.24, 2.45) is 0 Å². The molecule has 0 amide bonds. The zero-order valence-electron chi connectivity index (χ0n) is 10.7. The van der Waals surface area contributed by atoms with E-state index >= 15 is 0 Å². The van der Waals surface area contributed by atoms with Gasteiger partial charge in [-0.05, 0) is 48.7 Å². The van der Waals surface area contributed by atoms with E-state index in [4.69, 9.17) is 0 Å². The molecular weight excluding hydrogens is 204 g/mol. The Morgan fingerprint density at radius 2 is 1.53 bits per heavy atom. The van der Waals surface area contributed by atoms with E-state index in [1.165, 1.54) is 27.5 Å². The highest BCUT2D eigenvalue weighted by molar-refractivity contribution is 5.86. The van der Waals surface area contributed by atoms with Crippen molar-refractivity contribution < 1.29 is 0 Å². The van der Waals surface area contributed by atoms with E-state index in [0.717, 1.165) is 0 Å². The van der Waals surface area contributed by atoms with E-state index in [0.29, 0.717) is 0 Å². The average molecular weight is 222 g/mol. The third kappa shape index (κ3) is 2.85. The van der Waals surface area contributed by atoms with Gasteiger partial charge < -0.3 is 0 Å². The Labute approximate surface area is 103 Å². The summed E-state index contributed by atoms with van der Waals surface area (Å²) in [6.07, 6.45) is 4.34. The first-order valence-corrected chi connectivity index (χ1v) is 5.98. The molecule has 0 aliphatic carbocycles. The van der Waals surface area contributed by atoms with Crippen LogP contribution >= 0.6 is 0 Å². The third-order valence-corrected chi connectivity index (χ3v) is 2.87. The van der Waals surface area contributed by atoms with Gasteiger partial charge in [0.25, 0.3) is 0 Å². The van der Waals surface area contributed by atoms with Crippen LogP contribution in [-0.4, -0.2) is 0 Å². The Bertz CT molecular complexity index is 582. The molecular formula is C17H18. The summed E-state index contributed by atoms with van der Waals surface area (Å²) in [4.78, 5) is 0. The highest BCUT2D eigenvalue weighted by Crippen LogP contribution is 2.21. The van der Waals surface area contributed by atoms with Crippen LogP contribution in [0.15, 0.2) is 60.2 Å². The molecule has 0 radical (unpaired) electrons. The lowest BCUT2D eigenvalue weighted by atomic mass is 10.0. The fourth-order valence-corrected chi connectivity index (χ4v) is 1.82. The summed E-state index contributed by atoms with van der Waals surface area (Å²) < 4.78 is 0. The second-order valence-corrected chi connectivity index (χ2v) is 4.66. The number of hydrogen-bond donors (Lipinski definition) is 0. The minimum absolute atomic E-state index is 1.29. The van der Waals surface area contributed by atoms with E-state index in [2.05, 4.69) is 75.4 Å². The molecule has 0 saturated heterocycles. The van der Waals surface area contributed by atoms with Gasteiger partial charge in [-0.1, -0.05) is 54.1 Å². The summed E-state index contributed by atoms with van der Waals surface area (Å²) in [7, 11) is 0. The lowest BCUT2D eigenvalue weighted by Gasteiger charge is -2.03. The lowest BCUT2D eigenvalue weighted by molar-refractivity contribution is 1.39. The standard InChI is InChI=1S/C17H18/c1-13(2)8-9-14(3)16-11-10-15-6-4-5-7-17(15)12-16/h4-12H,1-3H3/b14-9+. The predicted octanol–water partition coefficient (Wildman–Crippen LogP) is 5.21. The molecule has 2 aromatic rings. The molecule has 0 heteroatoms. The van der Waals surface area contributed by atoms with Gasteiger partial charge in [-0.25, -0.2) is 0 Å². The average Bonchev–Trinajstić information content (AvgIpc) is 2.35. The van der Waals surface area contributed by atoms with E-state index in [-0.39, 0.29) is 0 Å². The Morgan fingerprint density at radius 3 is 2.24 bits per heavy atom. The first-order valence-electron chi connectivity index (χ1n) is 5.98. The molecule has 0 aromatic heterocycles. The Balaban J connectivity index is 2.43. The van der Waals surface area contributed by atoms with Crippen molar-refractivity contribution in [2.75, 3.05) is 0 Å². The zero-order valence-corrected chi connectivity index (χ0v) is 10.7. The molecule has 0 bridgehead atoms. The van der Waals surface area contributed by atoms with Crippen molar-refractivity contribution >= 4 is 16.3 Å². The summed E-state index contributed by atoms with van der Waals surface area (Å²) in [6, 6.07) is 15.1. The molecule has 2 rings (SSSR count). The molecule has 0 fully saturated rings. The summed E-state index contributed by atoms with van der Waals surface area (Å²) in [5.74, 6) is 0. The molecule has 0 aliphatic rings. The van der Waals surface area contributed by atoms with Crippen molar-refractivity contribution in [3.05, 3.63) is 65.8 Å². The molecule has 0 nitrogen and oxygen atoms in total. The molecule has 0 heterocycles. The van der Waals surface area contributed by atoms with Crippen LogP contribution in [0.5, 0.6) is 0 Å². The van der Waals surface area contributed by atoms with Crippen LogP contribution in [0.3, 0.4) is 0 Å². The monoisotopic (exact) mass is 222 g/mol. The van der Waals surface area contributed by atoms with Gasteiger partial charge in [-0.3, -0.25) is 0 Å². The molecule has 0 atom stereocenters. The molecule has 0 aliphatic heterocycles. The Hall–Kier alpha value is -1.82. The number of benzene rings is 2. The molecule has 0 unspecified atom stereocenters. The number of allylic oxidation sites excluding steroid dienone is 4. The van der Waals surface area contributed by atoms with Gasteiger partial charge in [-0.2, -0.15) is 0 Å². The predicted molar refractivity (Wildman–Crippen MR) is 77.0 cm³/mol. The lowest BCUT2D eigenvalue weighted by Crippen LogP contribution is -1.80. The van der Waals surface area contributed by atoms with Crippen LogP contribution in [0.4, 0.5) is 0 Å². The summed E-state index contributed by atoms with van der Waals surface area (Å²) in [5.41, 5.74) is 3.92. The molecule has 2 aromatic carbocycles. The van der Waals surface area contributed by atoms with E-state index in [1.807, 2.05) is 0 Å². The van der Waals surface area contributed by atoms with E-state index in [9.17, 15) is 0 Å². The van der Waals surface area contributed by atoms with Crippen LogP contribution in [-0.2, 0) is 0 Å². The first-order chi connectivity index (χ1) is 8.16. The molecule has 86 valence electrons. The summed E-state index contributed by atoms with van der Waals surface area (Å²) in [6.45, 7) is 6.39. The van der Waals surface area contributed by atoms with Gasteiger partial charge in [-0.15, -0.1) is 0 Å². The smallest absolute Gasteiger partial charge is 0.0178 e. The Morgan fingerprint density at radius 1 is 0.824 bits per heavy atom. The second kappa shape index (κ2) is 5.01. The van der Waals surface area contributed by atoms with Gasteiger partial charge in [0.1, 0.15) is 0 Å². The van der Waals surface area contributed by atoms with Gasteiger partial charge >= 0.3 is 0 Å². The van der Waals surface area contributed by atoms with Crippen LogP contribution in [0.25, 0.3) is 16.3 Å². The number of hydrogen-bond acceptors (Lipinski definition) is 0. The van der Waals surface area contributed by atoms with Gasteiger partial charge in [0, 0.05) is 0 Å². The normalized spacial score (nSPS) is 11.6. The molecule has 0 spiro atoms. The van der Waals surface area contributed by atoms with Gasteiger partial charge in [0.2, 0.25) is 0 Å². The van der Waals surface area contributed by atoms with Crippen molar-refractivity contribution in [1.82, 2.24) is 0 Å². The fourth-order valence-electron chi connectivity index (χ4n) is 1.82. The molecule has 17 heavy (non-hydrogen) atoms. The van der Waals surface area contributed by atoms with Crippen molar-refractivity contribution in [3.8, 4) is 0 Å². The van der Waals surface area contributed by atoms with Crippen LogP contribution < -0.4 is 0 Å². The maximum absolute atomic E-state index is 2.25. The van der Waals surface area contributed by atoms with Crippen LogP contribution in [0.2, 0.25) is 0 Å². The van der Waals surface area contributed by atoms with Crippen LogP contribution in [0.1, 0.15) is 26.3 Å². The van der Waals surface area contributed by atoms with Gasteiger partial charge in [0.15, 0.2) is 0 Å². The minimum Gasteiger partial charge on any atom is -0.0764 e. The highest BCUT2D eigenvalue weighted by atomic mass is 14.0. The summed E-state index contributed by atoms with van der Waals surface area (Å²) >= 11 is 0. The van der Waals surface area contributed by atoms with Crippen molar-refractivity contribution in [2.45, 2.75) is 20.8 Å². The number of rotatable bonds is 2. The quantitative estimate of drug-likeness (QED) is 0.612. The number of fused-ring (bicyclic) bond motifs is 1. The van der Waals surface area contributed by atoms with E-state index in [1.54, 1.807) is 0 Å². The van der Waals surface area contributed by atoms with E-state index < -0.39 is 0 Å². The minimum atomic E-state index is 1.29. The maximum Gasteiger partial charge on any atom is -0.0178 e. The third-order valence-electron chi connectivity index (χ3n) is 2.87. The molecule has 0 N–H and O–H groups in total. The Kier molecular flexibility index (Phi) is 3.43. The maximum atomic E-state index is 2.25. The topological polar surface area (TPSA) is 0 Å². The van der Waals surface area contributed by atoms with Crippen molar-refractivity contribution in [3.63, 3.8) is 0 Å².